The first-order valence-electron chi connectivity index (χ1n) is 8.75. The van der Waals surface area contributed by atoms with Gasteiger partial charge in [-0.05, 0) is 48.6 Å². The number of aliphatic carboxylic acids is 1. The number of amides is 1. The molecule has 0 saturated heterocycles. The van der Waals surface area contributed by atoms with Crippen molar-refractivity contribution in [3.05, 3.63) is 59.7 Å². The van der Waals surface area contributed by atoms with Crippen LogP contribution in [-0.4, -0.2) is 23.0 Å². The van der Waals surface area contributed by atoms with E-state index < -0.39 is 12.0 Å². The van der Waals surface area contributed by atoms with Gasteiger partial charge in [-0.15, -0.1) is 0 Å². The number of allylic oxidation sites excluding steroid dienone is 2. The molecule has 25 heavy (non-hydrogen) atoms. The summed E-state index contributed by atoms with van der Waals surface area (Å²) < 4.78 is 0. The van der Waals surface area contributed by atoms with Gasteiger partial charge in [0, 0.05) is 5.56 Å². The van der Waals surface area contributed by atoms with Crippen LogP contribution in [0.3, 0.4) is 0 Å². The van der Waals surface area contributed by atoms with Gasteiger partial charge < -0.3 is 10.4 Å². The molecule has 2 aromatic rings. The normalized spacial score (nSPS) is 11.8. The summed E-state index contributed by atoms with van der Waals surface area (Å²) in [6.45, 7) is 4.18. The number of carbonyl (C=O) groups is 2. The van der Waals surface area contributed by atoms with Crippen LogP contribution in [0, 0.1) is 0 Å². The molecule has 0 aromatic heterocycles. The van der Waals surface area contributed by atoms with Gasteiger partial charge in [0.1, 0.15) is 6.04 Å². The Morgan fingerprint density at radius 1 is 1.08 bits per heavy atom. The molecule has 0 fully saturated rings. The molecule has 4 heteroatoms. The number of carboxylic acid groups (broad SMARTS) is 1. The van der Waals surface area contributed by atoms with Crippen LogP contribution >= 0.6 is 0 Å². The lowest BCUT2D eigenvalue weighted by atomic mass is 10.0. The van der Waals surface area contributed by atoms with Crippen molar-refractivity contribution in [1.82, 2.24) is 5.32 Å². The summed E-state index contributed by atoms with van der Waals surface area (Å²) in [5, 5.41) is 14.0. The number of fused-ring (bicyclic) bond motifs is 1. The zero-order valence-corrected chi connectivity index (χ0v) is 14.8. The number of carbonyl (C=O) groups excluding carboxylic acids is 1. The maximum Gasteiger partial charge on any atom is 0.326 e. The largest absolute Gasteiger partial charge is 0.480 e. The zero-order valence-electron chi connectivity index (χ0n) is 14.8. The Bertz CT molecular complexity index is 774. The summed E-state index contributed by atoms with van der Waals surface area (Å²) in [7, 11) is 0. The summed E-state index contributed by atoms with van der Waals surface area (Å²) >= 11 is 0. The molecule has 4 nitrogen and oxygen atoms in total. The Kier molecular flexibility index (Phi) is 6.75. The van der Waals surface area contributed by atoms with Crippen LogP contribution in [0.2, 0.25) is 0 Å². The van der Waals surface area contributed by atoms with Gasteiger partial charge >= 0.3 is 5.97 Å². The molecule has 1 amide bonds. The van der Waals surface area contributed by atoms with Crippen molar-refractivity contribution < 1.29 is 14.7 Å². The molecule has 0 bridgehead atoms. The van der Waals surface area contributed by atoms with Crippen LogP contribution in [0.1, 0.15) is 49.9 Å². The fourth-order valence-electron chi connectivity index (χ4n) is 2.82. The van der Waals surface area contributed by atoms with Crippen LogP contribution in [0.25, 0.3) is 10.8 Å². The second-order valence-electron chi connectivity index (χ2n) is 6.07. The molecule has 0 saturated carbocycles. The van der Waals surface area contributed by atoms with Gasteiger partial charge in [-0.1, -0.05) is 55.8 Å². The Morgan fingerprint density at radius 3 is 2.40 bits per heavy atom. The molecule has 1 atom stereocenters. The van der Waals surface area contributed by atoms with E-state index in [9.17, 15) is 14.7 Å². The molecule has 0 aliphatic carbocycles. The number of carboxylic acids is 1. The summed E-state index contributed by atoms with van der Waals surface area (Å²) in [6.07, 6.45) is 5.05. The Hall–Kier alpha value is -2.62. The van der Waals surface area contributed by atoms with Crippen LogP contribution in [0.5, 0.6) is 0 Å². The van der Waals surface area contributed by atoms with Crippen molar-refractivity contribution >= 4 is 22.6 Å². The second kappa shape index (κ2) is 9.02. The highest BCUT2D eigenvalue weighted by molar-refractivity contribution is 6.00. The fourth-order valence-corrected chi connectivity index (χ4v) is 2.82. The highest BCUT2D eigenvalue weighted by Crippen LogP contribution is 2.16. The summed E-state index contributed by atoms with van der Waals surface area (Å²) in [6, 6.07) is 12.3. The monoisotopic (exact) mass is 339 g/mol. The first-order chi connectivity index (χ1) is 12.0. The minimum Gasteiger partial charge on any atom is -0.480 e. The van der Waals surface area contributed by atoms with Gasteiger partial charge in [0.15, 0.2) is 0 Å². The highest BCUT2D eigenvalue weighted by atomic mass is 16.4. The molecule has 2 rings (SSSR count). The molecule has 0 aliphatic rings. The summed E-state index contributed by atoms with van der Waals surface area (Å²) in [4.78, 5) is 23.9. The smallest absolute Gasteiger partial charge is 0.326 e. The van der Waals surface area contributed by atoms with E-state index >= 15 is 0 Å². The van der Waals surface area contributed by atoms with Crippen molar-refractivity contribution in [2.24, 2.45) is 0 Å². The SMILES string of the molecule is CCC(=CCCC(NC(=O)c1ccc2ccccc2c1)C(=O)O)CC. The molecule has 132 valence electrons. The Morgan fingerprint density at radius 2 is 1.76 bits per heavy atom. The second-order valence-corrected chi connectivity index (χ2v) is 6.07. The average Bonchev–Trinajstić information content (AvgIpc) is 2.63. The Balaban J connectivity index is 2.05. The molecule has 0 spiro atoms. The van der Waals surface area contributed by atoms with E-state index in [2.05, 4.69) is 25.2 Å². The number of benzene rings is 2. The molecular weight excluding hydrogens is 314 g/mol. The summed E-state index contributed by atoms with van der Waals surface area (Å²) in [5.74, 6) is -1.36. The van der Waals surface area contributed by atoms with Crippen LogP contribution < -0.4 is 5.32 Å². The average molecular weight is 339 g/mol. The van der Waals surface area contributed by atoms with Gasteiger partial charge in [0.2, 0.25) is 0 Å². The third-order valence-corrected chi connectivity index (χ3v) is 4.41. The van der Waals surface area contributed by atoms with E-state index in [1.807, 2.05) is 30.3 Å². The van der Waals surface area contributed by atoms with Crippen molar-refractivity contribution in [2.75, 3.05) is 0 Å². The standard InChI is InChI=1S/C21H25NO3/c1-3-15(4-2)8-7-11-19(21(24)25)22-20(23)18-13-12-16-9-5-6-10-17(16)14-18/h5-6,8-10,12-14,19H,3-4,7,11H2,1-2H3,(H,22,23)(H,24,25). The molecule has 0 heterocycles. The first-order valence-corrected chi connectivity index (χ1v) is 8.75. The maximum absolute atomic E-state index is 12.4. The van der Waals surface area contributed by atoms with Crippen molar-refractivity contribution in [1.29, 1.82) is 0 Å². The minimum atomic E-state index is -1.00. The van der Waals surface area contributed by atoms with E-state index in [1.165, 1.54) is 5.57 Å². The zero-order chi connectivity index (χ0) is 18.2. The number of hydrogen-bond donors (Lipinski definition) is 2. The van der Waals surface area contributed by atoms with Crippen LogP contribution in [0.15, 0.2) is 54.1 Å². The lowest BCUT2D eigenvalue weighted by Crippen LogP contribution is -2.40. The summed E-state index contributed by atoms with van der Waals surface area (Å²) in [5.41, 5.74) is 1.79. The maximum atomic E-state index is 12.4. The van der Waals surface area contributed by atoms with Gasteiger partial charge in [0.05, 0.1) is 0 Å². The van der Waals surface area contributed by atoms with E-state index in [1.54, 1.807) is 12.1 Å². The van der Waals surface area contributed by atoms with Gasteiger partial charge in [-0.25, -0.2) is 4.79 Å². The predicted molar refractivity (Wildman–Crippen MR) is 101 cm³/mol. The van der Waals surface area contributed by atoms with Crippen LogP contribution in [-0.2, 0) is 4.79 Å². The topological polar surface area (TPSA) is 66.4 Å². The third-order valence-electron chi connectivity index (χ3n) is 4.41. The van der Waals surface area contributed by atoms with Gasteiger partial charge in [-0.2, -0.15) is 0 Å². The minimum absolute atomic E-state index is 0.353. The number of hydrogen-bond acceptors (Lipinski definition) is 2. The third kappa shape index (κ3) is 5.18. The quantitative estimate of drug-likeness (QED) is 0.693. The number of nitrogens with one attached hydrogen (secondary N) is 1. The predicted octanol–water partition coefficient (Wildman–Crippen LogP) is 4.55. The lowest BCUT2D eigenvalue weighted by molar-refractivity contribution is -0.139. The molecule has 1 unspecified atom stereocenters. The molecular formula is C21H25NO3. The van der Waals surface area contributed by atoms with Crippen molar-refractivity contribution in [3.8, 4) is 0 Å². The van der Waals surface area contributed by atoms with Crippen molar-refractivity contribution in [3.63, 3.8) is 0 Å². The molecule has 2 aromatic carbocycles. The van der Waals surface area contributed by atoms with Crippen molar-refractivity contribution in [2.45, 2.75) is 45.6 Å². The first kappa shape index (κ1) is 18.7. The van der Waals surface area contributed by atoms with Gasteiger partial charge in [0.25, 0.3) is 5.91 Å². The molecule has 0 radical (unpaired) electrons. The van der Waals surface area contributed by atoms with E-state index in [-0.39, 0.29) is 5.91 Å². The highest BCUT2D eigenvalue weighted by Gasteiger charge is 2.20. The fraction of sp³-hybridized carbons (Fsp3) is 0.333. The van der Waals surface area contributed by atoms with E-state index in [0.717, 1.165) is 23.6 Å². The lowest BCUT2D eigenvalue weighted by Gasteiger charge is -2.14. The van der Waals surface area contributed by atoms with E-state index in [4.69, 9.17) is 0 Å². The van der Waals surface area contributed by atoms with Gasteiger partial charge in [-0.3, -0.25) is 4.79 Å². The molecule has 2 N–H and O–H groups in total. The number of rotatable bonds is 8. The van der Waals surface area contributed by atoms with E-state index in [0.29, 0.717) is 18.4 Å². The Labute approximate surface area is 148 Å². The molecule has 0 aliphatic heterocycles. The van der Waals surface area contributed by atoms with Crippen LogP contribution in [0.4, 0.5) is 0 Å².